The van der Waals surface area contributed by atoms with Crippen molar-refractivity contribution in [2.45, 2.75) is 27.2 Å². The van der Waals surface area contributed by atoms with E-state index in [1.165, 1.54) is 0 Å². The minimum atomic E-state index is -1.17. The number of rotatable bonds is 3. The molecule has 0 radical (unpaired) electrons. The van der Waals surface area contributed by atoms with Crippen LogP contribution in [0.15, 0.2) is 6.07 Å². The van der Waals surface area contributed by atoms with Gasteiger partial charge in [-0.25, -0.2) is 0 Å². The SMILES string of the molecule is Cc1cc(C)c(CC(=O)O)c(C)c1[C-]=O.O=[PH+]O.[Li+]. The Labute approximate surface area is 125 Å². The van der Waals surface area contributed by atoms with E-state index >= 15 is 0 Å². The maximum absolute atomic E-state index is 10.7. The molecule has 1 aromatic rings. The fourth-order valence-corrected chi connectivity index (χ4v) is 1.81. The molecule has 98 valence electrons. The van der Waals surface area contributed by atoms with Gasteiger partial charge < -0.3 is 9.90 Å². The summed E-state index contributed by atoms with van der Waals surface area (Å²) in [5.41, 5.74) is 3.67. The number of carboxylic acid groups (broad SMARTS) is 1. The maximum atomic E-state index is 10.7. The minimum absolute atomic E-state index is 0. The van der Waals surface area contributed by atoms with Gasteiger partial charge in [-0.1, -0.05) is 25.0 Å². The van der Waals surface area contributed by atoms with Gasteiger partial charge in [0.2, 0.25) is 0 Å². The third-order valence-corrected chi connectivity index (χ3v) is 2.56. The summed E-state index contributed by atoms with van der Waals surface area (Å²) in [6.45, 7) is 5.44. The molecule has 2 N–H and O–H groups in total. The molecule has 0 fully saturated rings. The molecule has 5 nitrogen and oxygen atoms in total. The Kier molecular flexibility index (Phi) is 10.6. The summed E-state index contributed by atoms with van der Waals surface area (Å²) in [5, 5.41) is 8.75. The van der Waals surface area contributed by atoms with Crippen LogP contribution >= 0.6 is 8.69 Å². The van der Waals surface area contributed by atoms with Crippen LogP contribution in [0, 0.1) is 20.8 Å². The quantitative estimate of drug-likeness (QED) is 0.403. The van der Waals surface area contributed by atoms with E-state index in [0.29, 0.717) is 11.1 Å². The second-order valence-electron chi connectivity index (χ2n) is 3.75. The summed E-state index contributed by atoms with van der Waals surface area (Å²) in [5.74, 6) is -0.887. The van der Waals surface area contributed by atoms with Crippen LogP contribution in [0.4, 0.5) is 0 Å². The summed E-state index contributed by atoms with van der Waals surface area (Å²) in [4.78, 5) is 28.4. The molecule has 1 aromatic carbocycles. The molecule has 0 saturated heterocycles. The zero-order chi connectivity index (χ0) is 14.3. The summed E-state index contributed by atoms with van der Waals surface area (Å²) >= 11 is 0. The largest absolute Gasteiger partial charge is 1.00 e. The molecular weight excluding hydrogens is 262 g/mol. The molecule has 1 unspecified atom stereocenters. The molecule has 0 aliphatic heterocycles. The third-order valence-electron chi connectivity index (χ3n) is 2.56. The molecule has 0 aromatic heterocycles. The normalized spacial score (nSPS) is 9.05. The van der Waals surface area contributed by atoms with Crippen molar-refractivity contribution in [2.24, 2.45) is 0 Å². The van der Waals surface area contributed by atoms with Crippen LogP contribution in [-0.2, 0) is 20.6 Å². The van der Waals surface area contributed by atoms with Gasteiger partial charge in [0.15, 0.2) is 0 Å². The van der Waals surface area contributed by atoms with Gasteiger partial charge in [-0.05, 0) is 11.5 Å². The van der Waals surface area contributed by atoms with Crippen molar-refractivity contribution >= 4 is 20.9 Å². The second kappa shape index (κ2) is 9.88. The number of hydrogen-bond donors (Lipinski definition) is 2. The third kappa shape index (κ3) is 6.13. The number of benzene rings is 1. The standard InChI is InChI=1S/C12H13O3.Li.HO2P/c1-7-4-8(2)11(6-13)9(3)10(7)5-12(14)15;;1-3-2/h4H,5H2,1-3H3,(H,14,15);;3H/q-1;+1;/p+1. The fourth-order valence-electron chi connectivity index (χ4n) is 1.81. The molecule has 1 atom stereocenters. The topological polar surface area (TPSA) is 91.7 Å². The number of aliphatic carboxylic acids is 1. The molecule has 1 rings (SSSR count). The first-order valence-electron chi connectivity index (χ1n) is 5.09. The van der Waals surface area contributed by atoms with Crippen molar-refractivity contribution in [1.29, 1.82) is 0 Å². The second-order valence-corrected chi connectivity index (χ2v) is 3.94. The number of aryl methyl sites for hydroxylation is 2. The average molecular weight is 277 g/mol. The summed E-state index contributed by atoms with van der Waals surface area (Å²) in [6.07, 6.45) is 1.81. The summed E-state index contributed by atoms with van der Waals surface area (Å²) in [6, 6.07) is 1.82. The Balaban J connectivity index is 0. The summed E-state index contributed by atoms with van der Waals surface area (Å²) in [7, 11) is -1.17. The fraction of sp³-hybridized carbons (Fsp3) is 0.333. The van der Waals surface area contributed by atoms with Crippen LogP contribution in [0.5, 0.6) is 0 Å². The van der Waals surface area contributed by atoms with Crippen molar-refractivity contribution < 1.29 is 43.0 Å². The van der Waals surface area contributed by atoms with Gasteiger partial charge in [0, 0.05) is 0 Å². The molecule has 0 saturated carbocycles. The molecule has 0 amide bonds. The number of hydrogen-bond acceptors (Lipinski definition) is 3. The van der Waals surface area contributed by atoms with Gasteiger partial charge >= 0.3 is 33.5 Å². The Morgan fingerprint density at radius 3 is 2.16 bits per heavy atom. The average Bonchev–Trinajstić information content (AvgIpc) is 2.25. The summed E-state index contributed by atoms with van der Waals surface area (Å²) < 4.78 is 8.51. The zero-order valence-corrected chi connectivity index (χ0v) is 12.4. The van der Waals surface area contributed by atoms with Crippen molar-refractivity contribution in [1.82, 2.24) is 0 Å². The predicted molar refractivity (Wildman–Crippen MR) is 68.0 cm³/mol. The van der Waals surface area contributed by atoms with Crippen LogP contribution in [0.25, 0.3) is 0 Å². The van der Waals surface area contributed by atoms with Gasteiger partial charge in [0.1, 0.15) is 0 Å². The van der Waals surface area contributed by atoms with E-state index in [-0.39, 0.29) is 25.3 Å². The predicted octanol–water partition coefficient (Wildman–Crippen LogP) is -1.38. The molecule has 7 heteroatoms. The molecular formula is C12H15LiO5P+. The Morgan fingerprint density at radius 1 is 1.32 bits per heavy atom. The van der Waals surface area contributed by atoms with Crippen molar-refractivity contribution in [2.75, 3.05) is 0 Å². The van der Waals surface area contributed by atoms with Crippen molar-refractivity contribution in [3.63, 3.8) is 0 Å². The van der Waals surface area contributed by atoms with E-state index in [1.54, 1.807) is 6.92 Å². The van der Waals surface area contributed by atoms with E-state index < -0.39 is 14.7 Å². The van der Waals surface area contributed by atoms with E-state index in [9.17, 15) is 9.59 Å². The molecule has 19 heavy (non-hydrogen) atoms. The molecule has 0 heterocycles. The first-order chi connectivity index (χ1) is 8.38. The molecule has 0 spiro atoms. The Hall–Kier alpha value is -0.983. The number of carboxylic acids is 1. The Morgan fingerprint density at radius 2 is 1.79 bits per heavy atom. The van der Waals surface area contributed by atoms with E-state index in [1.807, 2.05) is 26.2 Å². The first kappa shape index (κ1) is 20.3. The van der Waals surface area contributed by atoms with Crippen LogP contribution < -0.4 is 18.9 Å². The van der Waals surface area contributed by atoms with Crippen molar-refractivity contribution in [3.8, 4) is 0 Å². The Bertz CT molecular complexity index is 474. The van der Waals surface area contributed by atoms with E-state index in [4.69, 9.17) is 14.6 Å². The monoisotopic (exact) mass is 277 g/mol. The van der Waals surface area contributed by atoms with Gasteiger partial charge in [-0.15, -0.1) is 22.8 Å². The number of carbonyl (C=O) groups is 1. The molecule has 0 aliphatic rings. The molecule has 0 bridgehead atoms. The van der Waals surface area contributed by atoms with Gasteiger partial charge in [0.05, 0.1) is 12.7 Å². The number of carbonyl (C=O) groups excluding carboxylic acids is 1. The van der Waals surface area contributed by atoms with Gasteiger partial charge in [-0.2, -0.15) is 4.89 Å². The maximum Gasteiger partial charge on any atom is 1.00 e. The van der Waals surface area contributed by atoms with Crippen LogP contribution in [0.3, 0.4) is 0 Å². The van der Waals surface area contributed by atoms with Crippen LogP contribution in [0.2, 0.25) is 0 Å². The van der Waals surface area contributed by atoms with E-state index in [0.717, 1.165) is 16.7 Å². The van der Waals surface area contributed by atoms with Crippen molar-refractivity contribution in [3.05, 3.63) is 33.9 Å². The van der Waals surface area contributed by atoms with Crippen LogP contribution in [0.1, 0.15) is 27.8 Å². The minimum Gasteiger partial charge on any atom is -0.481 e. The zero-order valence-electron chi connectivity index (χ0n) is 11.4. The first-order valence-corrected chi connectivity index (χ1v) is 5.95. The van der Waals surface area contributed by atoms with Crippen LogP contribution in [-0.4, -0.2) is 22.3 Å². The molecule has 0 aliphatic carbocycles. The van der Waals surface area contributed by atoms with Gasteiger partial charge in [0.25, 0.3) is 0 Å². The van der Waals surface area contributed by atoms with Gasteiger partial charge in [-0.3, -0.25) is 4.79 Å². The van der Waals surface area contributed by atoms with E-state index in [2.05, 4.69) is 0 Å². The smallest absolute Gasteiger partial charge is 0.481 e.